The molecule has 1 aromatic rings. The maximum atomic E-state index is 11.8. The number of amides is 1. The number of carboxylic acids is 1. The Morgan fingerprint density at radius 2 is 2.22 bits per heavy atom. The molecule has 18 heavy (non-hydrogen) atoms. The number of hydrogen-bond donors (Lipinski definition) is 2. The molecule has 2 heterocycles. The predicted molar refractivity (Wildman–Crippen MR) is 63.4 cm³/mol. The van der Waals surface area contributed by atoms with Crippen molar-refractivity contribution in [2.75, 3.05) is 5.32 Å². The molecule has 96 valence electrons. The summed E-state index contributed by atoms with van der Waals surface area (Å²) in [5.74, 6) is -1.34. The Kier molecular flexibility index (Phi) is 3.57. The minimum Gasteiger partial charge on any atom is -0.478 e. The van der Waals surface area contributed by atoms with Crippen LogP contribution in [0.25, 0.3) is 0 Å². The number of aromatic nitrogens is 1. The number of nitrogens with one attached hydrogen (secondary N) is 1. The van der Waals surface area contributed by atoms with Gasteiger partial charge in [-0.2, -0.15) is 0 Å². The van der Waals surface area contributed by atoms with Gasteiger partial charge in [-0.15, -0.1) is 0 Å². The predicted octanol–water partition coefficient (Wildman–Crippen LogP) is 1.29. The lowest BCUT2D eigenvalue weighted by Crippen LogP contribution is -2.27. The van der Waals surface area contributed by atoms with Crippen molar-refractivity contribution in [3.05, 3.63) is 24.0 Å². The van der Waals surface area contributed by atoms with Gasteiger partial charge in [0.1, 0.15) is 6.10 Å². The third-order valence-corrected chi connectivity index (χ3v) is 2.78. The summed E-state index contributed by atoms with van der Waals surface area (Å²) in [7, 11) is 0. The van der Waals surface area contributed by atoms with E-state index in [0.717, 1.165) is 6.42 Å². The molecule has 2 N–H and O–H groups in total. The van der Waals surface area contributed by atoms with E-state index in [1.807, 2.05) is 6.92 Å². The highest BCUT2D eigenvalue weighted by molar-refractivity contribution is 5.95. The van der Waals surface area contributed by atoms with E-state index in [9.17, 15) is 9.59 Å². The number of pyridine rings is 1. The lowest BCUT2D eigenvalue weighted by Gasteiger charge is -2.11. The largest absolute Gasteiger partial charge is 0.478 e. The summed E-state index contributed by atoms with van der Waals surface area (Å²) in [6, 6.07) is 1.37. The third-order valence-electron chi connectivity index (χ3n) is 2.78. The van der Waals surface area contributed by atoms with Gasteiger partial charge in [0.05, 0.1) is 23.6 Å². The van der Waals surface area contributed by atoms with E-state index in [-0.39, 0.29) is 17.6 Å². The van der Waals surface area contributed by atoms with Crippen LogP contribution in [-0.2, 0) is 9.53 Å². The van der Waals surface area contributed by atoms with Gasteiger partial charge in [-0.3, -0.25) is 9.78 Å². The van der Waals surface area contributed by atoms with Crippen molar-refractivity contribution in [1.82, 2.24) is 4.98 Å². The quantitative estimate of drug-likeness (QED) is 0.843. The molecule has 6 heteroatoms. The zero-order valence-electron chi connectivity index (χ0n) is 9.92. The third kappa shape index (κ3) is 2.84. The summed E-state index contributed by atoms with van der Waals surface area (Å²) in [5, 5.41) is 11.4. The first-order chi connectivity index (χ1) is 8.56. The molecule has 2 unspecified atom stereocenters. The normalized spacial score (nSPS) is 22.7. The second-order valence-electron chi connectivity index (χ2n) is 4.27. The lowest BCUT2D eigenvalue weighted by molar-refractivity contribution is -0.126. The van der Waals surface area contributed by atoms with Gasteiger partial charge in [0.15, 0.2) is 0 Å². The number of hydrogen-bond acceptors (Lipinski definition) is 4. The van der Waals surface area contributed by atoms with Crippen LogP contribution >= 0.6 is 0 Å². The molecule has 0 spiro atoms. The molecular formula is C12H14N2O4. The minimum absolute atomic E-state index is 0.0357. The first kappa shape index (κ1) is 12.5. The van der Waals surface area contributed by atoms with E-state index in [1.54, 1.807) is 0 Å². The van der Waals surface area contributed by atoms with Crippen molar-refractivity contribution in [3.8, 4) is 0 Å². The van der Waals surface area contributed by atoms with Gasteiger partial charge in [-0.05, 0) is 25.8 Å². The Labute approximate surface area is 104 Å². The Morgan fingerprint density at radius 3 is 2.83 bits per heavy atom. The van der Waals surface area contributed by atoms with Crippen molar-refractivity contribution < 1.29 is 19.4 Å². The fourth-order valence-corrected chi connectivity index (χ4v) is 1.84. The molecule has 0 bridgehead atoms. The summed E-state index contributed by atoms with van der Waals surface area (Å²) < 4.78 is 5.42. The molecule has 0 aromatic carbocycles. The molecule has 2 rings (SSSR count). The summed E-state index contributed by atoms with van der Waals surface area (Å²) in [6.07, 6.45) is 3.79. The van der Waals surface area contributed by atoms with E-state index in [4.69, 9.17) is 9.84 Å². The highest BCUT2D eigenvalue weighted by Crippen LogP contribution is 2.20. The highest BCUT2D eigenvalue weighted by atomic mass is 16.5. The average Bonchev–Trinajstić information content (AvgIpc) is 2.76. The highest BCUT2D eigenvalue weighted by Gasteiger charge is 2.28. The first-order valence-corrected chi connectivity index (χ1v) is 5.71. The van der Waals surface area contributed by atoms with Crippen molar-refractivity contribution in [2.45, 2.75) is 32.0 Å². The number of carbonyl (C=O) groups excluding carboxylic acids is 1. The summed E-state index contributed by atoms with van der Waals surface area (Å²) in [4.78, 5) is 26.4. The van der Waals surface area contributed by atoms with Gasteiger partial charge < -0.3 is 15.2 Å². The first-order valence-electron chi connectivity index (χ1n) is 5.71. The number of aromatic carboxylic acids is 1. The molecule has 1 aliphatic heterocycles. The molecular weight excluding hydrogens is 236 g/mol. The van der Waals surface area contributed by atoms with E-state index in [0.29, 0.717) is 12.1 Å². The molecule has 0 radical (unpaired) electrons. The summed E-state index contributed by atoms with van der Waals surface area (Å²) >= 11 is 0. The van der Waals surface area contributed by atoms with E-state index in [2.05, 4.69) is 10.3 Å². The Bertz CT molecular complexity index is 475. The molecule has 1 fully saturated rings. The van der Waals surface area contributed by atoms with Gasteiger partial charge in [0.25, 0.3) is 5.91 Å². The maximum absolute atomic E-state index is 11.8. The fraction of sp³-hybridized carbons (Fsp3) is 0.417. The lowest BCUT2D eigenvalue weighted by atomic mass is 10.2. The fourth-order valence-electron chi connectivity index (χ4n) is 1.84. The van der Waals surface area contributed by atoms with E-state index >= 15 is 0 Å². The van der Waals surface area contributed by atoms with Gasteiger partial charge in [-0.25, -0.2) is 4.79 Å². The van der Waals surface area contributed by atoms with Crippen molar-refractivity contribution in [1.29, 1.82) is 0 Å². The van der Waals surface area contributed by atoms with Crippen LogP contribution in [0.2, 0.25) is 0 Å². The number of carboxylic acid groups (broad SMARTS) is 1. The van der Waals surface area contributed by atoms with E-state index in [1.165, 1.54) is 18.5 Å². The van der Waals surface area contributed by atoms with E-state index < -0.39 is 12.1 Å². The van der Waals surface area contributed by atoms with Gasteiger partial charge >= 0.3 is 5.97 Å². The number of ether oxygens (including phenoxy) is 1. The zero-order valence-corrected chi connectivity index (χ0v) is 9.92. The van der Waals surface area contributed by atoms with Crippen LogP contribution in [0.5, 0.6) is 0 Å². The smallest absolute Gasteiger partial charge is 0.337 e. The SMILES string of the molecule is CC1CCC(C(=O)Nc2cncc(C(=O)O)c2)O1. The molecule has 2 atom stereocenters. The molecule has 1 saturated heterocycles. The van der Waals surface area contributed by atoms with Crippen LogP contribution in [0.15, 0.2) is 18.5 Å². The standard InChI is InChI=1S/C12H14N2O4/c1-7-2-3-10(18-7)11(15)14-9-4-8(12(16)17)5-13-6-9/h4-7,10H,2-3H2,1H3,(H,14,15)(H,16,17). The molecule has 1 aromatic heterocycles. The van der Waals surface area contributed by atoms with Crippen molar-refractivity contribution >= 4 is 17.6 Å². The van der Waals surface area contributed by atoms with Crippen LogP contribution in [0.1, 0.15) is 30.1 Å². The monoisotopic (exact) mass is 250 g/mol. The number of anilines is 1. The second kappa shape index (κ2) is 5.14. The van der Waals surface area contributed by atoms with Gasteiger partial charge in [0.2, 0.25) is 0 Å². The van der Waals surface area contributed by atoms with Gasteiger partial charge in [-0.1, -0.05) is 0 Å². The zero-order chi connectivity index (χ0) is 13.1. The Hall–Kier alpha value is -1.95. The minimum atomic E-state index is -1.08. The van der Waals surface area contributed by atoms with Crippen LogP contribution in [-0.4, -0.2) is 34.2 Å². The van der Waals surface area contributed by atoms with Crippen LogP contribution in [0.3, 0.4) is 0 Å². The molecule has 6 nitrogen and oxygen atoms in total. The molecule has 0 aliphatic carbocycles. The van der Waals surface area contributed by atoms with Crippen LogP contribution in [0.4, 0.5) is 5.69 Å². The van der Waals surface area contributed by atoms with Crippen LogP contribution in [0, 0.1) is 0 Å². The maximum Gasteiger partial charge on any atom is 0.337 e. The number of rotatable bonds is 3. The summed E-state index contributed by atoms with van der Waals surface area (Å²) in [5.41, 5.74) is 0.400. The topological polar surface area (TPSA) is 88.5 Å². The van der Waals surface area contributed by atoms with Crippen LogP contribution < -0.4 is 5.32 Å². The Balaban J connectivity index is 2.03. The molecule has 0 saturated carbocycles. The summed E-state index contributed by atoms with van der Waals surface area (Å²) in [6.45, 7) is 1.92. The molecule has 1 aliphatic rings. The number of nitrogens with zero attached hydrogens (tertiary/aromatic N) is 1. The Morgan fingerprint density at radius 1 is 1.44 bits per heavy atom. The number of carbonyl (C=O) groups is 2. The van der Waals surface area contributed by atoms with Crippen molar-refractivity contribution in [3.63, 3.8) is 0 Å². The van der Waals surface area contributed by atoms with Crippen molar-refractivity contribution in [2.24, 2.45) is 0 Å². The average molecular weight is 250 g/mol. The van der Waals surface area contributed by atoms with Gasteiger partial charge in [0, 0.05) is 6.20 Å². The second-order valence-corrected chi connectivity index (χ2v) is 4.27. The molecule has 1 amide bonds.